The molecule has 0 rings (SSSR count). The number of hydrogen-bond acceptors (Lipinski definition) is 9. The third-order valence-corrected chi connectivity index (χ3v) is 2.83. The molecular weight excluding hydrogens is 436 g/mol. The molecule has 0 bridgehead atoms. The largest absolute Gasteiger partial charge is 2.00 e. The Morgan fingerprint density at radius 1 is 0.600 bits per heavy atom. The number of carboxylic acids is 6. The van der Waals surface area contributed by atoms with E-state index in [9.17, 15) is 33.6 Å². The van der Waals surface area contributed by atoms with Crippen LogP contribution in [0.15, 0.2) is 0 Å². The van der Waals surface area contributed by atoms with Crippen LogP contribution in [-0.4, -0.2) is 117 Å². The Hall–Kier alpha value is -3.18. The van der Waals surface area contributed by atoms with Crippen LogP contribution in [0.4, 0.5) is 4.79 Å². The Kier molecular flexibility index (Phi) is 13.8. The summed E-state index contributed by atoms with van der Waals surface area (Å²) in [6, 6.07) is 0. The minimum atomic E-state index is -2.82. The molecule has 16 nitrogen and oxygen atoms in total. The van der Waals surface area contributed by atoms with E-state index in [-0.39, 0.29) is 25.9 Å². The monoisotopic (exact) mass is 454 g/mol. The van der Waals surface area contributed by atoms with E-state index in [0.29, 0.717) is 0 Å². The first kappa shape index (κ1) is 31.5. The van der Waals surface area contributed by atoms with Crippen LogP contribution in [0.3, 0.4) is 0 Å². The smallest absolute Gasteiger partial charge is 1.00 e. The van der Waals surface area contributed by atoms with Crippen molar-refractivity contribution in [2.45, 2.75) is 36.9 Å². The summed E-state index contributed by atoms with van der Waals surface area (Å²) in [5, 5.41) is 67.5. The van der Waals surface area contributed by atoms with Crippen molar-refractivity contribution in [3.63, 3.8) is 0 Å². The van der Waals surface area contributed by atoms with Gasteiger partial charge in [0.15, 0.2) is 5.60 Å². The van der Waals surface area contributed by atoms with E-state index >= 15 is 0 Å². The summed E-state index contributed by atoms with van der Waals surface area (Å²) in [4.78, 5) is 72.1. The van der Waals surface area contributed by atoms with E-state index in [0.717, 1.165) is 0 Å². The number of hydrogen-bond donors (Lipinski definition) is 8. The van der Waals surface area contributed by atoms with Gasteiger partial charge in [-0.15, -0.1) is 0 Å². The fourth-order valence-electron chi connectivity index (χ4n) is 1.70. The molecule has 0 unspecified atom stereocenters. The van der Waals surface area contributed by atoms with E-state index in [4.69, 9.17) is 40.9 Å². The average molecular weight is 455 g/mol. The van der Waals surface area contributed by atoms with Gasteiger partial charge in [0.1, 0.15) is 0 Å². The number of carbonyl (C=O) groups is 7. The van der Waals surface area contributed by atoms with Gasteiger partial charge in [0, 0.05) is 0 Å². The molecule has 0 aliphatic heterocycles. The molecule has 0 radical (unpaired) electrons. The number of ether oxygens (including phenoxy) is 1. The Morgan fingerprint density at radius 3 is 1.07 bits per heavy atom. The Labute approximate surface area is 184 Å². The van der Waals surface area contributed by atoms with Gasteiger partial charge in [-0.3, -0.25) is 19.2 Å². The third-order valence-electron chi connectivity index (χ3n) is 2.83. The number of aliphatic hydroxyl groups is 1. The van der Waals surface area contributed by atoms with E-state index in [1.807, 2.05) is 0 Å². The number of carboxylic acid groups (broad SMARTS) is 7. The zero-order chi connectivity index (χ0) is 23.6. The molecule has 0 spiro atoms. The topological polar surface area (TPSA) is 291 Å². The van der Waals surface area contributed by atoms with Gasteiger partial charge in [0.05, 0.1) is 25.7 Å². The van der Waals surface area contributed by atoms with Gasteiger partial charge in [0.25, 0.3) is 0 Å². The van der Waals surface area contributed by atoms with Crippen molar-refractivity contribution in [3.8, 4) is 0 Å². The SMILES string of the molecule is O=C(O)CC(CC(=O)O)(OC(=O)O)C(=O)O.O=C(O)CC(O)(CC(=O)O)C(=O)O.[H-].[H-].[Mg+2]. The van der Waals surface area contributed by atoms with Crippen molar-refractivity contribution in [3.05, 3.63) is 0 Å². The fourth-order valence-corrected chi connectivity index (χ4v) is 1.70. The predicted molar refractivity (Wildman–Crippen MR) is 89.1 cm³/mol. The summed E-state index contributed by atoms with van der Waals surface area (Å²) in [5.74, 6) is -10.4. The van der Waals surface area contributed by atoms with Crippen molar-refractivity contribution in [2.75, 3.05) is 0 Å². The van der Waals surface area contributed by atoms with E-state index < -0.39 is 78.9 Å². The van der Waals surface area contributed by atoms with Crippen LogP contribution in [0.1, 0.15) is 28.5 Å². The molecule has 0 aliphatic carbocycles. The third kappa shape index (κ3) is 12.3. The standard InChI is InChI=1S/C7H8O9.C6H8O7.Mg.2H/c8-3(9)1-7(5(12)13,2-4(10)11)16-6(14)15;7-3(8)1-6(13,5(11)12)2-4(9)10;;;/h1-2H2,(H,8,9)(H,10,11)(H,12,13)(H,14,15);13H,1-2H2,(H,7,8)(H,9,10)(H,11,12);;;/q;;+2;2*-1. The minimum Gasteiger partial charge on any atom is -1.00 e. The van der Waals surface area contributed by atoms with Gasteiger partial charge in [0.2, 0.25) is 5.60 Å². The van der Waals surface area contributed by atoms with Gasteiger partial charge in [-0.1, -0.05) is 0 Å². The minimum absolute atomic E-state index is 0. The molecule has 17 heteroatoms. The maximum Gasteiger partial charge on any atom is 2.00 e. The van der Waals surface area contributed by atoms with E-state index in [1.54, 1.807) is 0 Å². The first-order chi connectivity index (χ1) is 13.0. The number of rotatable bonds is 11. The fraction of sp³-hybridized carbons (Fsp3) is 0.462. The van der Waals surface area contributed by atoms with Gasteiger partial charge in [-0.25, -0.2) is 14.4 Å². The number of aliphatic carboxylic acids is 6. The maximum absolute atomic E-state index is 10.7. The first-order valence-electron chi connectivity index (χ1n) is 6.95. The van der Waals surface area contributed by atoms with Crippen molar-refractivity contribution >= 4 is 65.0 Å². The molecule has 0 aromatic carbocycles. The van der Waals surface area contributed by atoms with Crippen molar-refractivity contribution < 1.29 is 82.0 Å². The van der Waals surface area contributed by atoms with Crippen LogP contribution < -0.4 is 0 Å². The second-order valence-corrected chi connectivity index (χ2v) is 5.29. The van der Waals surface area contributed by atoms with Crippen LogP contribution in [-0.2, 0) is 33.5 Å². The Morgan fingerprint density at radius 2 is 0.900 bits per heavy atom. The van der Waals surface area contributed by atoms with Crippen LogP contribution in [0.25, 0.3) is 0 Å². The van der Waals surface area contributed by atoms with Gasteiger partial charge >= 0.3 is 65.0 Å². The Balaban J connectivity index is -0.000000141. The van der Waals surface area contributed by atoms with Crippen molar-refractivity contribution in [1.29, 1.82) is 0 Å². The first-order valence-corrected chi connectivity index (χ1v) is 6.95. The van der Waals surface area contributed by atoms with E-state index in [1.165, 1.54) is 0 Å². The summed E-state index contributed by atoms with van der Waals surface area (Å²) in [6.45, 7) is 0. The quantitative estimate of drug-likeness (QED) is 0.124. The zero-order valence-electron chi connectivity index (χ0n) is 16.9. The van der Waals surface area contributed by atoms with E-state index in [2.05, 4.69) is 4.74 Å². The maximum atomic E-state index is 10.7. The molecule has 0 saturated heterocycles. The molecule has 8 N–H and O–H groups in total. The zero-order valence-corrected chi connectivity index (χ0v) is 16.3. The molecule has 0 aromatic heterocycles. The molecule has 0 fully saturated rings. The second kappa shape index (κ2) is 13.1. The Bertz CT molecular complexity index is 651. The van der Waals surface area contributed by atoms with Crippen molar-refractivity contribution in [1.82, 2.24) is 0 Å². The van der Waals surface area contributed by atoms with Crippen LogP contribution in [0.2, 0.25) is 0 Å². The molecule has 0 aliphatic rings. The van der Waals surface area contributed by atoms with Crippen LogP contribution >= 0.6 is 0 Å². The normalized spacial score (nSPS) is 10.3. The van der Waals surface area contributed by atoms with Crippen molar-refractivity contribution in [2.24, 2.45) is 0 Å². The summed E-state index contributed by atoms with van der Waals surface area (Å²) >= 11 is 0. The molecule has 0 aromatic rings. The van der Waals surface area contributed by atoms with Gasteiger partial charge in [-0.2, -0.15) is 0 Å². The summed E-state index contributed by atoms with van der Waals surface area (Å²) in [6.07, 6.45) is -6.91. The average Bonchev–Trinajstić information content (AvgIpc) is 2.43. The van der Waals surface area contributed by atoms with Crippen LogP contribution in [0.5, 0.6) is 0 Å². The molecule has 0 atom stereocenters. The molecule has 30 heavy (non-hydrogen) atoms. The molecule has 0 amide bonds. The second-order valence-electron chi connectivity index (χ2n) is 5.29. The van der Waals surface area contributed by atoms with Crippen LogP contribution in [0, 0.1) is 0 Å². The molecule has 0 saturated carbocycles. The van der Waals surface area contributed by atoms with Gasteiger partial charge in [-0.05, 0) is 0 Å². The summed E-state index contributed by atoms with van der Waals surface area (Å²) < 4.78 is 3.88. The summed E-state index contributed by atoms with van der Waals surface area (Å²) in [5.41, 5.74) is -5.55. The summed E-state index contributed by atoms with van der Waals surface area (Å²) in [7, 11) is 0. The molecule has 0 heterocycles. The molecule has 168 valence electrons. The predicted octanol–water partition coefficient (Wildman–Crippen LogP) is -1.95. The van der Waals surface area contributed by atoms with Gasteiger partial charge < -0.3 is 48.4 Å². The molecular formula is C13H18MgO16.